The van der Waals surface area contributed by atoms with Gasteiger partial charge < -0.3 is 26.4 Å². The molecule has 0 bridgehead atoms. The maximum atomic E-state index is 12.4. The summed E-state index contributed by atoms with van der Waals surface area (Å²) in [5, 5.41) is 10.3. The molecule has 2 fully saturated rings. The van der Waals surface area contributed by atoms with Gasteiger partial charge in [-0.25, -0.2) is 4.98 Å². The number of carbonyl (C=O) groups excluding carboxylic acids is 1. The first-order valence-corrected chi connectivity index (χ1v) is 8.10. The predicted molar refractivity (Wildman–Crippen MR) is 82.5 cm³/mol. The van der Waals surface area contributed by atoms with Crippen molar-refractivity contribution >= 4 is 28.2 Å². The Balaban J connectivity index is 1.73. The zero-order valence-corrected chi connectivity index (χ0v) is 12.7. The molecule has 0 spiro atoms. The van der Waals surface area contributed by atoms with Gasteiger partial charge in [0, 0.05) is 32.2 Å². The highest BCUT2D eigenvalue weighted by atomic mass is 32.1. The van der Waals surface area contributed by atoms with E-state index in [2.05, 4.69) is 9.88 Å². The number of aliphatic hydroxyl groups excluding tert-OH is 1. The molecule has 3 heterocycles. The van der Waals surface area contributed by atoms with Gasteiger partial charge >= 0.3 is 0 Å². The third-order valence-corrected chi connectivity index (χ3v) is 5.22. The topological polar surface area (TPSA) is 109 Å². The molecule has 0 radical (unpaired) electrons. The molecule has 7 nitrogen and oxygen atoms in total. The van der Waals surface area contributed by atoms with Gasteiger partial charge in [-0.2, -0.15) is 0 Å². The summed E-state index contributed by atoms with van der Waals surface area (Å²) in [5.74, 6) is 0.165. The first-order chi connectivity index (χ1) is 10.0. The number of nitrogens with two attached hydrogens (primary N) is 2. The fourth-order valence-corrected chi connectivity index (χ4v) is 3.77. The Hall–Kier alpha value is -1.38. The maximum absolute atomic E-state index is 12.4. The van der Waals surface area contributed by atoms with Crippen molar-refractivity contribution in [1.82, 2.24) is 9.88 Å². The van der Waals surface area contributed by atoms with Crippen molar-refractivity contribution in [3.63, 3.8) is 0 Å². The molecule has 1 unspecified atom stereocenters. The summed E-state index contributed by atoms with van der Waals surface area (Å²) in [6.07, 6.45) is 2.06. The highest BCUT2D eigenvalue weighted by molar-refractivity contribution is 7.18. The lowest BCUT2D eigenvalue weighted by Crippen LogP contribution is -2.39. The van der Waals surface area contributed by atoms with E-state index in [4.69, 9.17) is 11.5 Å². The molecule has 0 aromatic carbocycles. The number of carbonyl (C=O) groups is 1. The van der Waals surface area contributed by atoms with Gasteiger partial charge in [0.05, 0.1) is 6.10 Å². The monoisotopic (exact) mass is 311 g/mol. The van der Waals surface area contributed by atoms with Crippen molar-refractivity contribution in [2.45, 2.75) is 31.4 Å². The number of aromatic nitrogens is 1. The van der Waals surface area contributed by atoms with Crippen LogP contribution in [0.4, 0.5) is 10.9 Å². The Morgan fingerprint density at radius 1 is 1.29 bits per heavy atom. The van der Waals surface area contributed by atoms with E-state index in [1.165, 1.54) is 11.3 Å². The molecule has 21 heavy (non-hydrogen) atoms. The Morgan fingerprint density at radius 2 is 2.00 bits per heavy atom. The van der Waals surface area contributed by atoms with Crippen LogP contribution in [0.25, 0.3) is 0 Å². The van der Waals surface area contributed by atoms with Crippen LogP contribution in [0.3, 0.4) is 0 Å². The average molecular weight is 311 g/mol. The first-order valence-electron chi connectivity index (χ1n) is 7.28. The minimum absolute atomic E-state index is 0.124. The van der Waals surface area contributed by atoms with Crippen molar-refractivity contribution in [3.05, 3.63) is 4.88 Å². The number of thiazole rings is 1. The molecule has 2 aliphatic heterocycles. The van der Waals surface area contributed by atoms with E-state index in [0.717, 1.165) is 31.1 Å². The second-order valence-electron chi connectivity index (χ2n) is 5.73. The summed E-state index contributed by atoms with van der Waals surface area (Å²) < 4.78 is 0. The number of aliphatic hydroxyl groups is 1. The summed E-state index contributed by atoms with van der Waals surface area (Å²) in [5.41, 5.74) is 11.8. The standard InChI is InChI=1S/C13H21N5O2S/c14-8-1-4-17(5-2-8)13-16-11(15)10(21-13)12(20)18-6-3-9(19)7-18/h8-9,19H,1-7,14-15H2. The van der Waals surface area contributed by atoms with Gasteiger partial charge in [0.2, 0.25) is 0 Å². The lowest BCUT2D eigenvalue weighted by molar-refractivity contribution is 0.0770. The van der Waals surface area contributed by atoms with E-state index in [-0.39, 0.29) is 17.8 Å². The fraction of sp³-hybridized carbons (Fsp3) is 0.692. The van der Waals surface area contributed by atoms with Gasteiger partial charge in [0.1, 0.15) is 10.7 Å². The largest absolute Gasteiger partial charge is 0.391 e. The first kappa shape index (κ1) is 14.6. The molecule has 1 aromatic heterocycles. The second-order valence-corrected chi connectivity index (χ2v) is 6.71. The van der Waals surface area contributed by atoms with Gasteiger partial charge in [-0.3, -0.25) is 4.79 Å². The highest BCUT2D eigenvalue weighted by Gasteiger charge is 2.29. The molecule has 8 heteroatoms. The van der Waals surface area contributed by atoms with E-state index in [1.54, 1.807) is 4.90 Å². The summed E-state index contributed by atoms with van der Waals surface area (Å²) >= 11 is 1.34. The minimum Gasteiger partial charge on any atom is -0.391 e. The number of nitrogens with zero attached hydrogens (tertiary/aromatic N) is 3. The molecule has 2 aliphatic rings. The third kappa shape index (κ3) is 2.97. The zero-order valence-electron chi connectivity index (χ0n) is 11.9. The number of likely N-dealkylation sites (tertiary alicyclic amines) is 1. The summed E-state index contributed by atoms with van der Waals surface area (Å²) in [6, 6.07) is 0.255. The van der Waals surface area contributed by atoms with Crippen molar-refractivity contribution in [2.75, 3.05) is 36.8 Å². The third-order valence-electron chi connectivity index (χ3n) is 4.10. The van der Waals surface area contributed by atoms with Crippen LogP contribution in [-0.4, -0.2) is 59.2 Å². The smallest absolute Gasteiger partial charge is 0.267 e. The van der Waals surface area contributed by atoms with Crippen LogP contribution < -0.4 is 16.4 Å². The van der Waals surface area contributed by atoms with E-state index in [1.807, 2.05) is 0 Å². The number of anilines is 2. The van der Waals surface area contributed by atoms with Crippen molar-refractivity contribution in [1.29, 1.82) is 0 Å². The van der Waals surface area contributed by atoms with Crippen molar-refractivity contribution < 1.29 is 9.90 Å². The van der Waals surface area contributed by atoms with Gasteiger partial charge in [0.15, 0.2) is 5.13 Å². The molecule has 2 saturated heterocycles. The van der Waals surface area contributed by atoms with E-state index >= 15 is 0 Å². The predicted octanol–water partition coefficient (Wildman–Crippen LogP) is -0.140. The van der Waals surface area contributed by atoms with Gasteiger partial charge in [-0.15, -0.1) is 0 Å². The Morgan fingerprint density at radius 3 is 2.62 bits per heavy atom. The van der Waals surface area contributed by atoms with Crippen LogP contribution >= 0.6 is 11.3 Å². The van der Waals surface area contributed by atoms with E-state index < -0.39 is 6.10 Å². The second kappa shape index (κ2) is 5.78. The Bertz CT molecular complexity index is 527. The van der Waals surface area contributed by atoms with Crippen LogP contribution in [0, 0.1) is 0 Å². The highest BCUT2D eigenvalue weighted by Crippen LogP contribution is 2.31. The number of hydrogen-bond acceptors (Lipinski definition) is 7. The normalized spacial score (nSPS) is 23.8. The molecule has 1 amide bonds. The molecule has 116 valence electrons. The summed E-state index contributed by atoms with van der Waals surface area (Å²) in [7, 11) is 0. The zero-order chi connectivity index (χ0) is 15.0. The van der Waals surface area contributed by atoms with Crippen molar-refractivity contribution in [3.8, 4) is 0 Å². The van der Waals surface area contributed by atoms with E-state index in [0.29, 0.717) is 24.4 Å². The molecule has 1 aromatic rings. The number of amides is 1. The Labute approximate surface area is 127 Å². The Kier molecular flexibility index (Phi) is 4.01. The van der Waals surface area contributed by atoms with Crippen LogP contribution in [0.2, 0.25) is 0 Å². The average Bonchev–Trinajstić information content (AvgIpc) is 3.05. The van der Waals surface area contributed by atoms with Crippen molar-refractivity contribution in [2.24, 2.45) is 5.73 Å². The van der Waals surface area contributed by atoms with Gasteiger partial charge in [0.25, 0.3) is 5.91 Å². The lowest BCUT2D eigenvalue weighted by atomic mass is 10.1. The molecule has 0 saturated carbocycles. The molecule has 5 N–H and O–H groups in total. The van der Waals surface area contributed by atoms with Crippen LogP contribution in [0.1, 0.15) is 28.9 Å². The molecule has 3 rings (SSSR count). The van der Waals surface area contributed by atoms with Gasteiger partial charge in [-0.1, -0.05) is 11.3 Å². The molecular formula is C13H21N5O2S. The fourth-order valence-electron chi connectivity index (χ4n) is 2.77. The molecular weight excluding hydrogens is 290 g/mol. The van der Waals surface area contributed by atoms with Crippen LogP contribution in [-0.2, 0) is 0 Å². The van der Waals surface area contributed by atoms with Gasteiger partial charge in [-0.05, 0) is 19.3 Å². The lowest BCUT2D eigenvalue weighted by Gasteiger charge is -2.29. The van der Waals surface area contributed by atoms with Crippen LogP contribution in [0.5, 0.6) is 0 Å². The maximum Gasteiger partial charge on any atom is 0.267 e. The van der Waals surface area contributed by atoms with Crippen LogP contribution in [0.15, 0.2) is 0 Å². The molecule has 0 aliphatic carbocycles. The SMILES string of the molecule is Nc1nc(N2CCC(N)CC2)sc1C(=O)N1CCC(O)C1. The molecule has 1 atom stereocenters. The minimum atomic E-state index is -0.425. The quantitative estimate of drug-likeness (QED) is 0.701. The number of nitrogen functional groups attached to an aromatic ring is 1. The summed E-state index contributed by atoms with van der Waals surface area (Å²) in [6.45, 7) is 2.66. The number of β-amino-alcohol motifs (C(OH)–C–C–N with tert-alkyl or cyclic N) is 1. The number of piperidine rings is 1. The summed E-state index contributed by atoms with van der Waals surface area (Å²) in [4.78, 5) is 21.0. The number of hydrogen-bond donors (Lipinski definition) is 3. The number of rotatable bonds is 2. The van der Waals surface area contributed by atoms with E-state index in [9.17, 15) is 9.90 Å².